The number of nitrogens with zero attached hydrogens (tertiary/aromatic N) is 5. The Hall–Kier alpha value is -2.63. The molecule has 0 saturated carbocycles. The van der Waals surface area contributed by atoms with Crippen molar-refractivity contribution in [2.24, 2.45) is 7.05 Å². The third kappa shape index (κ3) is 2.71. The summed E-state index contributed by atoms with van der Waals surface area (Å²) in [6, 6.07) is 4.02. The highest BCUT2D eigenvalue weighted by Gasteiger charge is 2.29. The molecule has 25 heavy (non-hydrogen) atoms. The van der Waals surface area contributed by atoms with Gasteiger partial charge >= 0.3 is 0 Å². The number of rotatable bonds is 2. The van der Waals surface area contributed by atoms with Gasteiger partial charge in [-0.05, 0) is 44.4 Å². The van der Waals surface area contributed by atoms with Gasteiger partial charge in [0.2, 0.25) is 0 Å². The predicted octanol–water partition coefficient (Wildman–Crippen LogP) is 2.70. The highest BCUT2D eigenvalue weighted by Crippen LogP contribution is 2.27. The van der Waals surface area contributed by atoms with Crippen molar-refractivity contribution in [3.05, 3.63) is 53.5 Å². The molecule has 0 N–H and O–H groups in total. The van der Waals surface area contributed by atoms with Gasteiger partial charge < -0.3 is 9.47 Å². The Bertz CT molecular complexity index is 931. The van der Waals surface area contributed by atoms with Gasteiger partial charge in [0.05, 0.1) is 5.69 Å². The fraction of sp³-hybridized carbons (Fsp3) is 0.421. The summed E-state index contributed by atoms with van der Waals surface area (Å²) in [7, 11) is 2.03. The molecule has 0 spiro atoms. The van der Waals surface area contributed by atoms with Crippen molar-refractivity contribution in [3.63, 3.8) is 0 Å². The van der Waals surface area contributed by atoms with E-state index in [2.05, 4.69) is 14.5 Å². The van der Waals surface area contributed by atoms with Crippen LogP contribution < -0.4 is 0 Å². The van der Waals surface area contributed by atoms with Crippen LogP contribution in [-0.4, -0.2) is 42.8 Å². The minimum atomic E-state index is 0.0761. The van der Waals surface area contributed by atoms with Crippen LogP contribution >= 0.6 is 0 Å². The van der Waals surface area contributed by atoms with Crippen molar-refractivity contribution >= 4 is 11.6 Å². The molecule has 6 heteroatoms. The summed E-state index contributed by atoms with van der Waals surface area (Å²) in [4.78, 5) is 24.1. The number of piperidine rings is 1. The summed E-state index contributed by atoms with van der Waals surface area (Å²) in [5, 5.41) is 0. The molecular formula is C19H23N5O. The largest absolute Gasteiger partial charge is 0.338 e. The van der Waals surface area contributed by atoms with E-state index in [0.717, 1.165) is 48.7 Å². The van der Waals surface area contributed by atoms with E-state index in [1.807, 2.05) is 60.9 Å². The van der Waals surface area contributed by atoms with Crippen molar-refractivity contribution in [3.8, 4) is 0 Å². The van der Waals surface area contributed by atoms with Crippen LogP contribution in [0, 0.1) is 13.8 Å². The number of carbonyl (C=O) groups is 1. The first-order valence-corrected chi connectivity index (χ1v) is 8.76. The quantitative estimate of drug-likeness (QED) is 0.722. The topological polar surface area (TPSA) is 55.4 Å². The molecular weight excluding hydrogens is 314 g/mol. The lowest BCUT2D eigenvalue weighted by Crippen LogP contribution is -2.39. The highest BCUT2D eigenvalue weighted by molar-refractivity contribution is 5.94. The Balaban J connectivity index is 1.55. The van der Waals surface area contributed by atoms with Crippen molar-refractivity contribution in [2.75, 3.05) is 13.1 Å². The van der Waals surface area contributed by atoms with Crippen LogP contribution in [0.1, 0.15) is 46.3 Å². The van der Waals surface area contributed by atoms with Crippen LogP contribution in [0.2, 0.25) is 0 Å². The van der Waals surface area contributed by atoms with Gasteiger partial charge in [-0.2, -0.15) is 0 Å². The predicted molar refractivity (Wildman–Crippen MR) is 95.8 cm³/mol. The maximum Gasteiger partial charge on any atom is 0.272 e. The Labute approximate surface area is 147 Å². The molecule has 0 bridgehead atoms. The van der Waals surface area contributed by atoms with Crippen LogP contribution in [-0.2, 0) is 7.05 Å². The van der Waals surface area contributed by atoms with Crippen LogP contribution in [0.5, 0.6) is 0 Å². The maximum absolute atomic E-state index is 13.1. The monoisotopic (exact) mass is 337 g/mol. The summed E-state index contributed by atoms with van der Waals surface area (Å²) in [6.45, 7) is 5.47. The minimum Gasteiger partial charge on any atom is -0.338 e. The van der Waals surface area contributed by atoms with E-state index in [-0.39, 0.29) is 5.91 Å². The van der Waals surface area contributed by atoms with Gasteiger partial charge in [0.25, 0.3) is 5.91 Å². The zero-order chi connectivity index (χ0) is 17.6. The second kappa shape index (κ2) is 6.02. The first-order valence-electron chi connectivity index (χ1n) is 8.76. The summed E-state index contributed by atoms with van der Waals surface area (Å²) in [5.41, 5.74) is 3.46. The average Bonchev–Trinajstić information content (AvgIpc) is 3.16. The van der Waals surface area contributed by atoms with Gasteiger partial charge in [0.15, 0.2) is 0 Å². The van der Waals surface area contributed by atoms with Crippen molar-refractivity contribution in [1.82, 2.24) is 23.8 Å². The molecule has 4 heterocycles. The SMILES string of the molecule is Cc1ccn2c(C(=O)N3CCC(c4nccn4C)CC3)c(C)nc2c1. The number of imidazole rings is 2. The molecule has 0 aliphatic carbocycles. The normalized spacial score (nSPS) is 15.9. The summed E-state index contributed by atoms with van der Waals surface area (Å²) in [6.07, 6.45) is 7.67. The number of fused-ring (bicyclic) bond motifs is 1. The van der Waals surface area contributed by atoms with Gasteiger partial charge in [-0.25, -0.2) is 9.97 Å². The highest BCUT2D eigenvalue weighted by atomic mass is 16.2. The molecule has 1 aliphatic rings. The molecule has 0 radical (unpaired) electrons. The third-order valence-corrected chi connectivity index (χ3v) is 5.16. The molecule has 1 fully saturated rings. The first-order chi connectivity index (χ1) is 12.0. The molecule has 3 aromatic rings. The van der Waals surface area contributed by atoms with Crippen LogP contribution in [0.3, 0.4) is 0 Å². The number of amides is 1. The van der Waals surface area contributed by atoms with Crippen LogP contribution in [0.4, 0.5) is 0 Å². The average molecular weight is 337 g/mol. The fourth-order valence-corrected chi connectivity index (χ4v) is 3.78. The Morgan fingerprint density at radius 2 is 1.96 bits per heavy atom. The second-order valence-corrected chi connectivity index (χ2v) is 6.94. The summed E-state index contributed by atoms with van der Waals surface area (Å²) in [5.74, 6) is 1.62. The first kappa shape index (κ1) is 15.9. The lowest BCUT2D eigenvalue weighted by atomic mass is 9.95. The van der Waals surface area contributed by atoms with Gasteiger partial charge in [0, 0.05) is 44.6 Å². The van der Waals surface area contributed by atoms with Gasteiger partial charge in [0.1, 0.15) is 17.2 Å². The second-order valence-electron chi connectivity index (χ2n) is 6.94. The van der Waals surface area contributed by atoms with Crippen molar-refractivity contribution < 1.29 is 4.79 Å². The number of likely N-dealkylation sites (tertiary alicyclic amines) is 1. The number of hydrogen-bond acceptors (Lipinski definition) is 3. The molecule has 6 nitrogen and oxygen atoms in total. The smallest absolute Gasteiger partial charge is 0.272 e. The lowest BCUT2D eigenvalue weighted by Gasteiger charge is -2.31. The van der Waals surface area contributed by atoms with Crippen LogP contribution in [0.25, 0.3) is 5.65 Å². The number of pyridine rings is 1. The molecule has 0 aromatic carbocycles. The Morgan fingerprint density at radius 1 is 1.20 bits per heavy atom. The zero-order valence-electron chi connectivity index (χ0n) is 14.9. The molecule has 3 aromatic heterocycles. The van der Waals surface area contributed by atoms with E-state index < -0.39 is 0 Å². The lowest BCUT2D eigenvalue weighted by molar-refractivity contribution is 0.0702. The molecule has 130 valence electrons. The van der Waals surface area contributed by atoms with Crippen molar-refractivity contribution in [2.45, 2.75) is 32.6 Å². The van der Waals surface area contributed by atoms with Gasteiger partial charge in [-0.1, -0.05) is 0 Å². The molecule has 4 rings (SSSR count). The van der Waals surface area contributed by atoms with Crippen LogP contribution in [0.15, 0.2) is 30.7 Å². The van der Waals surface area contributed by atoms with E-state index in [4.69, 9.17) is 0 Å². The molecule has 0 unspecified atom stereocenters. The summed E-state index contributed by atoms with van der Waals surface area (Å²) >= 11 is 0. The molecule has 0 atom stereocenters. The maximum atomic E-state index is 13.1. The van der Waals surface area contributed by atoms with E-state index in [1.54, 1.807) is 0 Å². The summed E-state index contributed by atoms with van der Waals surface area (Å²) < 4.78 is 3.99. The van der Waals surface area contributed by atoms with Gasteiger partial charge in [-0.3, -0.25) is 9.20 Å². The van der Waals surface area contributed by atoms with E-state index >= 15 is 0 Å². The van der Waals surface area contributed by atoms with Crippen molar-refractivity contribution in [1.29, 1.82) is 0 Å². The fourth-order valence-electron chi connectivity index (χ4n) is 3.78. The van der Waals surface area contributed by atoms with Gasteiger partial charge in [-0.15, -0.1) is 0 Å². The molecule has 1 aliphatic heterocycles. The molecule has 1 saturated heterocycles. The standard InChI is InChI=1S/C19H23N5O/c1-13-4-10-24-16(12-13)21-14(2)17(24)19(25)23-8-5-15(6-9-23)18-20-7-11-22(18)3/h4,7,10-12,15H,5-6,8-9H2,1-3H3. The number of aryl methyl sites for hydroxylation is 3. The number of aromatic nitrogens is 4. The van der Waals surface area contributed by atoms with E-state index in [1.165, 1.54) is 0 Å². The molecule has 1 amide bonds. The zero-order valence-corrected chi connectivity index (χ0v) is 14.9. The van der Waals surface area contributed by atoms with E-state index in [9.17, 15) is 4.79 Å². The number of hydrogen-bond donors (Lipinski definition) is 0. The third-order valence-electron chi connectivity index (χ3n) is 5.16. The minimum absolute atomic E-state index is 0.0761. The van der Waals surface area contributed by atoms with E-state index in [0.29, 0.717) is 11.6 Å². The Kier molecular flexibility index (Phi) is 3.82. The number of carbonyl (C=O) groups excluding carboxylic acids is 1. The Morgan fingerprint density at radius 3 is 2.64 bits per heavy atom.